The second kappa shape index (κ2) is 1.96. The number of nitrogens with zero attached hydrogens (tertiary/aromatic N) is 2. The molecule has 0 atom stereocenters. The van der Waals surface area contributed by atoms with Gasteiger partial charge in [-0.15, -0.1) is 0 Å². The Morgan fingerprint density at radius 1 is 2.12 bits per heavy atom. The highest BCUT2D eigenvalue weighted by Gasteiger charge is 1.89. The van der Waals surface area contributed by atoms with Crippen LogP contribution in [0.4, 0.5) is 0 Å². The summed E-state index contributed by atoms with van der Waals surface area (Å²) < 4.78 is 15.1. The molecule has 0 fully saturated rings. The van der Waals surface area contributed by atoms with Gasteiger partial charge in [0.15, 0.2) is 0 Å². The molecule has 0 aromatic carbocycles. The van der Waals surface area contributed by atoms with Crippen molar-refractivity contribution in [1.29, 1.82) is 0 Å². The molecule has 1 N–H and O–H groups in total. The number of aryl methyl sites for hydroxylation is 1. The maximum absolute atomic E-state index is 8.76. The van der Waals surface area contributed by atoms with Crippen molar-refractivity contribution in [1.82, 2.24) is 9.78 Å². The van der Waals surface area contributed by atoms with Crippen LogP contribution in [0.25, 0.3) is 0 Å². The van der Waals surface area contributed by atoms with Crippen molar-refractivity contribution < 1.29 is 7.85 Å². The lowest BCUT2D eigenvalue weighted by Gasteiger charge is -1.83. The SMILES string of the molecule is [2H]C([2H])(O)c1ccn(C)n1. The first-order valence-electron chi connectivity index (χ1n) is 3.22. The third kappa shape index (κ3) is 0.869. The summed E-state index contributed by atoms with van der Waals surface area (Å²) in [6.07, 6.45) is 1.57. The lowest BCUT2D eigenvalue weighted by atomic mass is 10.5. The van der Waals surface area contributed by atoms with Gasteiger partial charge in [-0.1, -0.05) is 0 Å². The standard InChI is InChI=1S/C5H8N2O/c1-7-3-2-5(4-8)6-7/h2-3,8H,4H2,1H3/i4D2. The normalized spacial score (nSPS) is 15.2. The molecule has 0 spiro atoms. The summed E-state index contributed by atoms with van der Waals surface area (Å²) in [6, 6.07) is 1.43. The fraction of sp³-hybridized carbons (Fsp3) is 0.400. The number of rotatable bonds is 1. The average Bonchev–Trinajstić information content (AvgIpc) is 2.11. The summed E-state index contributed by atoms with van der Waals surface area (Å²) in [7, 11) is 1.66. The molecule has 1 rings (SSSR count). The van der Waals surface area contributed by atoms with Crippen LogP contribution in [-0.2, 0) is 13.6 Å². The number of hydrogen-bond donors (Lipinski definition) is 1. The molecule has 0 saturated carbocycles. The molecule has 0 unspecified atom stereocenters. The molecule has 3 heteroatoms. The molecule has 1 aromatic heterocycles. The molecular weight excluding hydrogens is 104 g/mol. The van der Waals surface area contributed by atoms with Crippen molar-refractivity contribution in [2.45, 2.75) is 6.56 Å². The molecular formula is C5H8N2O. The predicted octanol–water partition coefficient (Wildman–Crippen LogP) is -0.0876. The largest absolute Gasteiger partial charge is 0.390 e. The maximum atomic E-state index is 8.76. The van der Waals surface area contributed by atoms with Gasteiger partial charge >= 0.3 is 0 Å². The van der Waals surface area contributed by atoms with Crippen LogP contribution in [0, 0.1) is 0 Å². The van der Waals surface area contributed by atoms with Gasteiger partial charge in [0.05, 0.1) is 15.0 Å². The molecule has 8 heavy (non-hydrogen) atoms. The molecule has 0 radical (unpaired) electrons. The Bertz CT molecular complexity index is 228. The van der Waals surface area contributed by atoms with Gasteiger partial charge in [0.25, 0.3) is 0 Å². The Balaban J connectivity index is 2.96. The summed E-state index contributed by atoms with van der Waals surface area (Å²) in [5, 5.41) is 12.4. The third-order valence-electron chi connectivity index (χ3n) is 0.828. The van der Waals surface area contributed by atoms with E-state index in [1.807, 2.05) is 0 Å². The van der Waals surface area contributed by atoms with E-state index in [1.54, 1.807) is 13.2 Å². The molecule has 0 aliphatic heterocycles. The summed E-state index contributed by atoms with van der Waals surface area (Å²) in [5.41, 5.74) is 0.0370. The smallest absolute Gasteiger partial charge is 0.0878 e. The molecule has 0 amide bonds. The van der Waals surface area contributed by atoms with Gasteiger partial charge in [-0.2, -0.15) is 5.10 Å². The van der Waals surface area contributed by atoms with E-state index in [0.717, 1.165) is 0 Å². The van der Waals surface area contributed by atoms with E-state index in [-0.39, 0.29) is 5.69 Å². The second-order valence-corrected chi connectivity index (χ2v) is 1.49. The summed E-state index contributed by atoms with van der Waals surface area (Å²) in [6.45, 7) is -2.32. The topological polar surface area (TPSA) is 38.0 Å². The Hall–Kier alpha value is -0.830. The van der Waals surface area contributed by atoms with Gasteiger partial charge in [-0.25, -0.2) is 0 Å². The lowest BCUT2D eigenvalue weighted by molar-refractivity contribution is 0.275. The van der Waals surface area contributed by atoms with E-state index in [2.05, 4.69) is 5.10 Å². The van der Waals surface area contributed by atoms with Crippen molar-refractivity contribution in [2.24, 2.45) is 7.05 Å². The van der Waals surface area contributed by atoms with Gasteiger partial charge in [0, 0.05) is 13.2 Å². The van der Waals surface area contributed by atoms with Crippen molar-refractivity contribution in [3.05, 3.63) is 18.0 Å². The van der Waals surface area contributed by atoms with E-state index >= 15 is 0 Å². The zero-order valence-electron chi connectivity index (χ0n) is 6.50. The van der Waals surface area contributed by atoms with Gasteiger partial charge in [0.1, 0.15) is 0 Å². The van der Waals surface area contributed by atoms with E-state index in [4.69, 9.17) is 7.85 Å². The van der Waals surface area contributed by atoms with Gasteiger partial charge in [-0.3, -0.25) is 4.68 Å². The van der Waals surface area contributed by atoms with E-state index in [9.17, 15) is 0 Å². The van der Waals surface area contributed by atoms with Crippen LogP contribution in [-0.4, -0.2) is 14.9 Å². The molecule has 3 nitrogen and oxygen atoms in total. The number of aliphatic hydroxyl groups is 1. The second-order valence-electron chi connectivity index (χ2n) is 1.49. The Kier molecular flexibility index (Phi) is 0.796. The fourth-order valence-electron chi connectivity index (χ4n) is 0.475. The van der Waals surface area contributed by atoms with Gasteiger partial charge in [0.2, 0.25) is 0 Å². The third-order valence-corrected chi connectivity index (χ3v) is 0.828. The van der Waals surface area contributed by atoms with Crippen LogP contribution in [0.1, 0.15) is 8.44 Å². The summed E-state index contributed by atoms with van der Waals surface area (Å²) >= 11 is 0. The van der Waals surface area contributed by atoms with Crippen molar-refractivity contribution in [3.8, 4) is 0 Å². The minimum atomic E-state index is -2.32. The zero-order chi connectivity index (χ0) is 7.78. The fourth-order valence-corrected chi connectivity index (χ4v) is 0.475. The molecule has 0 aliphatic rings. The Labute approximate surface area is 50.4 Å². The van der Waals surface area contributed by atoms with E-state index < -0.39 is 6.56 Å². The number of hydrogen-bond acceptors (Lipinski definition) is 2. The molecule has 1 heterocycles. The van der Waals surface area contributed by atoms with Crippen LogP contribution >= 0.6 is 0 Å². The quantitative estimate of drug-likeness (QED) is 0.554. The highest BCUT2D eigenvalue weighted by Crippen LogP contribution is 1.90. The first kappa shape index (κ1) is 3.25. The highest BCUT2D eigenvalue weighted by molar-refractivity contribution is 4.95. The Morgan fingerprint density at radius 2 is 2.88 bits per heavy atom. The van der Waals surface area contributed by atoms with Crippen LogP contribution < -0.4 is 0 Å². The summed E-state index contributed by atoms with van der Waals surface area (Å²) in [5.74, 6) is 0. The van der Waals surface area contributed by atoms with Crippen molar-refractivity contribution in [3.63, 3.8) is 0 Å². The number of aromatic nitrogens is 2. The highest BCUT2D eigenvalue weighted by atomic mass is 16.3. The summed E-state index contributed by atoms with van der Waals surface area (Å²) in [4.78, 5) is 0. The minimum absolute atomic E-state index is 0.0370. The lowest BCUT2D eigenvalue weighted by Crippen LogP contribution is -1.89. The van der Waals surface area contributed by atoms with E-state index in [1.165, 1.54) is 10.7 Å². The molecule has 0 aliphatic carbocycles. The van der Waals surface area contributed by atoms with Gasteiger partial charge < -0.3 is 5.11 Å². The molecule has 44 valence electrons. The molecule has 0 bridgehead atoms. The Morgan fingerprint density at radius 3 is 3.12 bits per heavy atom. The van der Waals surface area contributed by atoms with Crippen LogP contribution in [0.2, 0.25) is 0 Å². The maximum Gasteiger partial charge on any atom is 0.0878 e. The zero-order valence-corrected chi connectivity index (χ0v) is 4.50. The molecule has 0 saturated heterocycles. The van der Waals surface area contributed by atoms with Gasteiger partial charge in [-0.05, 0) is 6.07 Å². The molecule has 1 aromatic rings. The van der Waals surface area contributed by atoms with Crippen LogP contribution in [0.5, 0.6) is 0 Å². The van der Waals surface area contributed by atoms with Crippen LogP contribution in [0.15, 0.2) is 12.3 Å². The first-order chi connectivity index (χ1) is 4.50. The average molecular weight is 114 g/mol. The van der Waals surface area contributed by atoms with Crippen LogP contribution in [0.3, 0.4) is 0 Å². The van der Waals surface area contributed by atoms with E-state index in [0.29, 0.717) is 0 Å². The first-order valence-corrected chi connectivity index (χ1v) is 2.22. The monoisotopic (exact) mass is 114 g/mol. The van der Waals surface area contributed by atoms with Crippen molar-refractivity contribution >= 4 is 0 Å². The van der Waals surface area contributed by atoms with Crippen molar-refractivity contribution in [2.75, 3.05) is 0 Å². The predicted molar refractivity (Wildman–Crippen MR) is 29.1 cm³/mol. The minimum Gasteiger partial charge on any atom is -0.390 e.